The molecule has 4 heteroatoms. The first-order valence-corrected chi connectivity index (χ1v) is 14.8. The summed E-state index contributed by atoms with van der Waals surface area (Å²) in [6.45, 7) is 20.6. The van der Waals surface area contributed by atoms with E-state index in [1.54, 1.807) is 6.92 Å². The average molecular weight is 521 g/mol. The first kappa shape index (κ1) is 28.9. The summed E-state index contributed by atoms with van der Waals surface area (Å²) in [5, 5.41) is 0. The third-order valence-electron chi connectivity index (χ3n) is 11.3. The summed E-state index contributed by atoms with van der Waals surface area (Å²) in [5.41, 5.74) is 3.78. The maximum Gasteiger partial charge on any atom is 0.167 e. The lowest BCUT2D eigenvalue weighted by Gasteiger charge is -2.66. The Labute approximate surface area is 229 Å². The molecule has 0 spiro atoms. The summed E-state index contributed by atoms with van der Waals surface area (Å²) in [7, 11) is 0. The van der Waals surface area contributed by atoms with Crippen molar-refractivity contribution >= 4 is 23.1 Å². The predicted octanol–water partition coefficient (Wildman–Crippen LogP) is 7.26. The first-order chi connectivity index (χ1) is 17.5. The Balaban J connectivity index is 1.90. The van der Waals surface area contributed by atoms with E-state index in [4.69, 9.17) is 0 Å². The van der Waals surface area contributed by atoms with E-state index in [-0.39, 0.29) is 57.6 Å². The van der Waals surface area contributed by atoms with Crippen molar-refractivity contribution in [1.82, 2.24) is 0 Å². The van der Waals surface area contributed by atoms with Gasteiger partial charge in [0.25, 0.3) is 0 Å². The molecule has 0 N–H and O–H groups in total. The van der Waals surface area contributed by atoms with Crippen LogP contribution < -0.4 is 0 Å². The largest absolute Gasteiger partial charge is 0.299 e. The zero-order valence-electron chi connectivity index (χ0n) is 25.3. The highest BCUT2D eigenvalue weighted by atomic mass is 16.2. The summed E-state index contributed by atoms with van der Waals surface area (Å²) < 4.78 is 0. The van der Waals surface area contributed by atoms with E-state index in [1.807, 2.05) is 13.8 Å². The van der Waals surface area contributed by atoms with Crippen LogP contribution in [0.25, 0.3) is 0 Å². The third kappa shape index (κ3) is 3.99. The average Bonchev–Trinajstić information content (AvgIpc) is 2.77. The van der Waals surface area contributed by atoms with Crippen LogP contribution in [0.15, 0.2) is 6.07 Å². The Morgan fingerprint density at radius 1 is 1.11 bits per heavy atom. The number of benzene rings is 1. The molecule has 4 nitrogen and oxygen atoms in total. The van der Waals surface area contributed by atoms with Crippen LogP contribution in [0, 0.1) is 46.8 Å². The van der Waals surface area contributed by atoms with Gasteiger partial charge in [0, 0.05) is 29.7 Å². The lowest BCUT2D eigenvalue weighted by Crippen LogP contribution is -2.66. The van der Waals surface area contributed by atoms with Gasteiger partial charge >= 0.3 is 0 Å². The predicted molar refractivity (Wildman–Crippen MR) is 151 cm³/mol. The van der Waals surface area contributed by atoms with Crippen LogP contribution in [-0.4, -0.2) is 23.1 Å². The minimum absolute atomic E-state index is 0.00805. The van der Waals surface area contributed by atoms with Crippen molar-refractivity contribution in [3.05, 3.63) is 33.9 Å². The molecule has 7 unspecified atom stereocenters. The summed E-state index contributed by atoms with van der Waals surface area (Å²) in [6.07, 6.45) is 4.16. The molecule has 3 aliphatic rings. The van der Waals surface area contributed by atoms with Gasteiger partial charge in [-0.3, -0.25) is 19.2 Å². The minimum Gasteiger partial charge on any atom is -0.299 e. The van der Waals surface area contributed by atoms with Gasteiger partial charge in [0.15, 0.2) is 5.78 Å². The topological polar surface area (TPSA) is 68.3 Å². The van der Waals surface area contributed by atoms with E-state index >= 15 is 0 Å². The zero-order valence-corrected chi connectivity index (χ0v) is 25.3. The molecule has 0 bridgehead atoms. The molecule has 0 saturated heterocycles. The van der Waals surface area contributed by atoms with Crippen molar-refractivity contribution < 1.29 is 19.2 Å². The van der Waals surface area contributed by atoms with Crippen molar-refractivity contribution in [1.29, 1.82) is 0 Å². The number of Topliss-reactive ketones (excluding diaryl/α,β-unsaturated/α-hetero) is 4. The maximum absolute atomic E-state index is 14.7. The molecule has 0 radical (unpaired) electrons. The van der Waals surface area contributed by atoms with Crippen molar-refractivity contribution in [2.75, 3.05) is 0 Å². The van der Waals surface area contributed by atoms with Gasteiger partial charge in [0.2, 0.25) is 0 Å². The van der Waals surface area contributed by atoms with Crippen molar-refractivity contribution in [3.63, 3.8) is 0 Å². The molecule has 38 heavy (non-hydrogen) atoms. The molecule has 0 amide bonds. The highest BCUT2D eigenvalue weighted by Gasteiger charge is 2.69. The molecular weight excluding hydrogens is 472 g/mol. The van der Waals surface area contributed by atoms with Crippen LogP contribution in [0.2, 0.25) is 0 Å². The summed E-state index contributed by atoms with van der Waals surface area (Å²) in [5.74, 6) is -0.469. The lowest BCUT2D eigenvalue weighted by molar-refractivity contribution is -0.182. The number of ketones is 4. The molecule has 0 aliphatic heterocycles. The molecule has 3 aliphatic carbocycles. The second-order valence-corrected chi connectivity index (χ2v) is 14.3. The molecule has 1 aromatic carbocycles. The number of fused-ring (bicyclic) bond motifs is 3. The second-order valence-electron chi connectivity index (χ2n) is 14.3. The van der Waals surface area contributed by atoms with Gasteiger partial charge in [-0.05, 0) is 90.4 Å². The monoisotopic (exact) mass is 520 g/mol. The van der Waals surface area contributed by atoms with Crippen LogP contribution >= 0.6 is 0 Å². The highest BCUT2D eigenvalue weighted by molar-refractivity contribution is 6.07. The number of carbonyl (C=O) groups is 4. The number of hydrogen-bond donors (Lipinski definition) is 0. The summed E-state index contributed by atoms with van der Waals surface area (Å²) in [6, 6.07) is 2.20. The fraction of sp³-hybridized carbons (Fsp3) is 0.706. The standard InChI is InChI=1S/C34H48O4/c1-11-12-24(36)13-23-14-25(18(2)3)26-16-32(8)17-33(9)15-19(4)27(22(7)35)31(38)34(33,10)21(6)29(32)30(37)28(26)20(23)5/h14,18-19,21,27,29H,11-13,15-17H2,1-10H3. The quantitative estimate of drug-likeness (QED) is 0.370. The van der Waals surface area contributed by atoms with Crippen molar-refractivity contribution in [2.45, 2.75) is 114 Å². The van der Waals surface area contributed by atoms with Gasteiger partial charge in [0.1, 0.15) is 17.3 Å². The smallest absolute Gasteiger partial charge is 0.167 e. The van der Waals surface area contributed by atoms with Crippen molar-refractivity contribution in [3.8, 4) is 0 Å². The molecule has 0 aromatic heterocycles. The summed E-state index contributed by atoms with van der Waals surface area (Å²) in [4.78, 5) is 54.1. The molecular formula is C34H48O4. The van der Waals surface area contributed by atoms with Crippen LogP contribution in [0.3, 0.4) is 0 Å². The van der Waals surface area contributed by atoms with Gasteiger partial charge in [-0.15, -0.1) is 0 Å². The van der Waals surface area contributed by atoms with Crippen LogP contribution in [0.4, 0.5) is 0 Å². The molecule has 1 aromatic rings. The van der Waals surface area contributed by atoms with Crippen LogP contribution in [0.5, 0.6) is 0 Å². The molecule has 2 saturated carbocycles. The van der Waals surface area contributed by atoms with Gasteiger partial charge in [-0.1, -0.05) is 61.5 Å². The number of carbonyl (C=O) groups excluding carboxylic acids is 4. The van der Waals surface area contributed by atoms with E-state index in [2.05, 4.69) is 54.5 Å². The van der Waals surface area contributed by atoms with E-state index in [9.17, 15) is 19.2 Å². The van der Waals surface area contributed by atoms with Gasteiger partial charge in [-0.25, -0.2) is 0 Å². The van der Waals surface area contributed by atoms with E-state index in [0.717, 1.165) is 47.9 Å². The molecule has 2 fully saturated rings. The first-order valence-electron chi connectivity index (χ1n) is 14.8. The highest BCUT2D eigenvalue weighted by Crippen LogP contribution is 2.69. The Morgan fingerprint density at radius 2 is 1.74 bits per heavy atom. The maximum atomic E-state index is 14.7. The molecule has 4 rings (SSSR count). The Kier molecular flexibility index (Phi) is 7.24. The van der Waals surface area contributed by atoms with Crippen LogP contribution in [0.1, 0.15) is 127 Å². The van der Waals surface area contributed by atoms with Gasteiger partial charge in [0.05, 0.1) is 5.92 Å². The van der Waals surface area contributed by atoms with Crippen LogP contribution in [-0.2, 0) is 27.2 Å². The van der Waals surface area contributed by atoms with Crippen molar-refractivity contribution in [2.24, 2.45) is 39.9 Å². The normalized spacial score (nSPS) is 36.5. The second kappa shape index (κ2) is 9.52. The number of hydrogen-bond acceptors (Lipinski definition) is 4. The summed E-state index contributed by atoms with van der Waals surface area (Å²) >= 11 is 0. The zero-order chi connectivity index (χ0) is 28.5. The third-order valence-corrected chi connectivity index (χ3v) is 11.3. The Bertz CT molecular complexity index is 1210. The SMILES string of the molecule is CCCC(=O)Cc1cc(C(C)C)c2c(c1C)C(=O)C1C(C)C3(C)C(=O)C(C(C)=O)C(C)CC3(C)CC1(C)C2. The van der Waals surface area contributed by atoms with E-state index in [1.165, 1.54) is 5.56 Å². The van der Waals surface area contributed by atoms with Gasteiger partial charge < -0.3 is 0 Å². The van der Waals surface area contributed by atoms with Gasteiger partial charge in [-0.2, -0.15) is 0 Å². The van der Waals surface area contributed by atoms with E-state index in [0.29, 0.717) is 12.8 Å². The fourth-order valence-electron chi connectivity index (χ4n) is 9.46. The molecule has 208 valence electrons. The lowest BCUT2D eigenvalue weighted by atomic mass is 9.36. The van der Waals surface area contributed by atoms with E-state index < -0.39 is 11.3 Å². The molecule has 0 heterocycles. The minimum atomic E-state index is -0.739. The number of rotatable bonds is 6. The fourth-order valence-corrected chi connectivity index (χ4v) is 9.46. The molecule has 7 atom stereocenters. The Hall–Kier alpha value is -2.10. The Morgan fingerprint density at radius 3 is 2.29 bits per heavy atom.